The second-order valence-electron chi connectivity index (χ2n) is 6.19. The fraction of sp³-hybridized carbons (Fsp3) is 0.684. The highest BCUT2D eigenvalue weighted by Gasteiger charge is 2.22. The Morgan fingerprint density at radius 2 is 1.45 bits per heavy atom. The van der Waals surface area contributed by atoms with Crippen molar-refractivity contribution in [2.45, 2.75) is 71.4 Å². The summed E-state index contributed by atoms with van der Waals surface area (Å²) >= 11 is 5.94. The third-order valence-electron chi connectivity index (χ3n) is 4.34. The van der Waals surface area contributed by atoms with E-state index in [2.05, 4.69) is 25.7 Å². The SMILES string of the molecule is CCCCCN(CCCCC)[C@@H](C)[C@@H](O)c1ccc(Cl)cc1. The van der Waals surface area contributed by atoms with Crippen LogP contribution in [-0.4, -0.2) is 29.1 Å². The van der Waals surface area contributed by atoms with Crippen LogP contribution in [0.1, 0.15) is 71.0 Å². The van der Waals surface area contributed by atoms with Crippen LogP contribution in [0.4, 0.5) is 0 Å². The highest BCUT2D eigenvalue weighted by Crippen LogP contribution is 2.23. The van der Waals surface area contributed by atoms with Crippen LogP contribution in [0.3, 0.4) is 0 Å². The highest BCUT2D eigenvalue weighted by atomic mass is 35.5. The first-order chi connectivity index (χ1) is 10.6. The minimum absolute atomic E-state index is 0.134. The molecule has 0 heterocycles. The van der Waals surface area contributed by atoms with Gasteiger partial charge in [-0.2, -0.15) is 0 Å². The van der Waals surface area contributed by atoms with Crippen molar-refractivity contribution in [2.24, 2.45) is 0 Å². The second-order valence-corrected chi connectivity index (χ2v) is 6.62. The zero-order chi connectivity index (χ0) is 16.4. The van der Waals surface area contributed by atoms with Crippen LogP contribution in [0.25, 0.3) is 0 Å². The molecule has 0 amide bonds. The van der Waals surface area contributed by atoms with E-state index in [0.717, 1.165) is 18.7 Å². The molecule has 2 atom stereocenters. The molecule has 0 aliphatic carbocycles. The van der Waals surface area contributed by atoms with Crippen LogP contribution in [0.2, 0.25) is 5.02 Å². The molecule has 0 radical (unpaired) electrons. The Bertz CT molecular complexity index is 383. The number of nitrogens with zero attached hydrogens (tertiary/aromatic N) is 1. The summed E-state index contributed by atoms with van der Waals surface area (Å²) in [4.78, 5) is 2.45. The molecule has 0 aliphatic heterocycles. The minimum atomic E-state index is -0.458. The number of rotatable bonds is 11. The van der Waals surface area contributed by atoms with Crippen LogP contribution in [-0.2, 0) is 0 Å². The van der Waals surface area contributed by atoms with Crippen molar-refractivity contribution in [1.29, 1.82) is 0 Å². The van der Waals surface area contributed by atoms with Gasteiger partial charge in [-0.1, -0.05) is 63.3 Å². The van der Waals surface area contributed by atoms with Crippen molar-refractivity contribution in [3.63, 3.8) is 0 Å². The van der Waals surface area contributed by atoms with Gasteiger partial charge in [0, 0.05) is 11.1 Å². The molecule has 3 heteroatoms. The van der Waals surface area contributed by atoms with Crippen LogP contribution in [0.15, 0.2) is 24.3 Å². The number of hydrogen-bond acceptors (Lipinski definition) is 2. The summed E-state index contributed by atoms with van der Waals surface area (Å²) in [5.41, 5.74) is 0.952. The predicted octanol–water partition coefficient (Wildman–Crippen LogP) is 5.44. The van der Waals surface area contributed by atoms with Gasteiger partial charge in [0.1, 0.15) is 0 Å². The molecule has 0 saturated carbocycles. The van der Waals surface area contributed by atoms with Crippen molar-refractivity contribution < 1.29 is 5.11 Å². The first-order valence-corrected chi connectivity index (χ1v) is 9.15. The molecular weight excluding hydrogens is 294 g/mol. The largest absolute Gasteiger partial charge is 0.387 e. The first kappa shape index (κ1) is 19.5. The van der Waals surface area contributed by atoms with Crippen molar-refractivity contribution >= 4 is 11.6 Å². The zero-order valence-electron chi connectivity index (χ0n) is 14.4. The molecule has 2 nitrogen and oxygen atoms in total. The van der Waals surface area contributed by atoms with E-state index in [1.807, 2.05) is 24.3 Å². The number of aliphatic hydroxyl groups excluding tert-OH is 1. The van der Waals surface area contributed by atoms with Gasteiger partial charge in [-0.3, -0.25) is 4.90 Å². The molecule has 0 spiro atoms. The summed E-state index contributed by atoms with van der Waals surface area (Å²) in [5, 5.41) is 11.4. The summed E-state index contributed by atoms with van der Waals surface area (Å²) < 4.78 is 0. The molecule has 1 aromatic rings. The van der Waals surface area contributed by atoms with Gasteiger partial charge in [-0.05, 0) is 50.6 Å². The van der Waals surface area contributed by atoms with E-state index in [4.69, 9.17) is 11.6 Å². The van der Waals surface area contributed by atoms with Gasteiger partial charge in [0.25, 0.3) is 0 Å². The Kier molecular flexibility index (Phi) is 9.77. The summed E-state index contributed by atoms with van der Waals surface area (Å²) in [7, 11) is 0. The van der Waals surface area contributed by atoms with Gasteiger partial charge >= 0.3 is 0 Å². The molecule has 0 fully saturated rings. The monoisotopic (exact) mass is 325 g/mol. The smallest absolute Gasteiger partial charge is 0.0942 e. The predicted molar refractivity (Wildman–Crippen MR) is 96.5 cm³/mol. The van der Waals surface area contributed by atoms with Crippen LogP contribution in [0.5, 0.6) is 0 Å². The quantitative estimate of drug-likeness (QED) is 0.547. The summed E-state index contributed by atoms with van der Waals surface area (Å²) in [6, 6.07) is 7.70. The number of benzene rings is 1. The maximum atomic E-state index is 10.7. The Morgan fingerprint density at radius 1 is 0.955 bits per heavy atom. The fourth-order valence-corrected chi connectivity index (χ4v) is 2.91. The van der Waals surface area contributed by atoms with Gasteiger partial charge in [0.2, 0.25) is 0 Å². The molecular formula is C19H32ClNO. The molecule has 0 aliphatic rings. The average molecular weight is 326 g/mol. The van der Waals surface area contributed by atoms with Gasteiger partial charge in [-0.25, -0.2) is 0 Å². The second kappa shape index (κ2) is 11.0. The molecule has 1 rings (SSSR count). The van der Waals surface area contributed by atoms with Crippen LogP contribution < -0.4 is 0 Å². The van der Waals surface area contributed by atoms with Crippen molar-refractivity contribution in [2.75, 3.05) is 13.1 Å². The molecule has 126 valence electrons. The third-order valence-corrected chi connectivity index (χ3v) is 4.59. The summed E-state index contributed by atoms with van der Waals surface area (Å²) in [6.07, 6.45) is 6.94. The standard InChI is InChI=1S/C19H32ClNO/c1-4-6-8-14-21(15-9-7-5-2)16(3)19(22)17-10-12-18(20)13-11-17/h10-13,16,19,22H,4-9,14-15H2,1-3H3/t16-,19+/m0/s1. The van der Waals surface area contributed by atoms with E-state index in [1.165, 1.54) is 38.5 Å². The topological polar surface area (TPSA) is 23.5 Å². The molecule has 1 N–H and O–H groups in total. The molecule has 0 unspecified atom stereocenters. The fourth-order valence-electron chi connectivity index (χ4n) is 2.79. The lowest BCUT2D eigenvalue weighted by atomic mass is 10.0. The van der Waals surface area contributed by atoms with E-state index in [0.29, 0.717) is 5.02 Å². The lowest BCUT2D eigenvalue weighted by molar-refractivity contribution is 0.0556. The maximum absolute atomic E-state index is 10.7. The lowest BCUT2D eigenvalue weighted by Gasteiger charge is -2.32. The van der Waals surface area contributed by atoms with Gasteiger partial charge in [-0.15, -0.1) is 0 Å². The van der Waals surface area contributed by atoms with Gasteiger partial charge < -0.3 is 5.11 Å². The summed E-state index contributed by atoms with van der Waals surface area (Å²) in [5.74, 6) is 0. The Hall–Kier alpha value is -0.570. The maximum Gasteiger partial charge on any atom is 0.0942 e. The van der Waals surface area contributed by atoms with E-state index >= 15 is 0 Å². The molecule has 22 heavy (non-hydrogen) atoms. The minimum Gasteiger partial charge on any atom is -0.387 e. The third kappa shape index (κ3) is 6.68. The Morgan fingerprint density at radius 3 is 1.91 bits per heavy atom. The number of aliphatic hydroxyl groups is 1. The first-order valence-electron chi connectivity index (χ1n) is 8.77. The van der Waals surface area contributed by atoms with Crippen LogP contribution in [0, 0.1) is 0 Å². The normalized spacial score (nSPS) is 14.3. The highest BCUT2D eigenvalue weighted by molar-refractivity contribution is 6.30. The van der Waals surface area contributed by atoms with Gasteiger partial charge in [0.15, 0.2) is 0 Å². The number of unbranched alkanes of at least 4 members (excludes halogenated alkanes) is 4. The van der Waals surface area contributed by atoms with E-state index < -0.39 is 6.10 Å². The lowest BCUT2D eigenvalue weighted by Crippen LogP contribution is -2.39. The average Bonchev–Trinajstić information content (AvgIpc) is 2.53. The molecule has 0 aromatic heterocycles. The van der Waals surface area contributed by atoms with Crippen molar-refractivity contribution in [3.05, 3.63) is 34.9 Å². The van der Waals surface area contributed by atoms with E-state index in [9.17, 15) is 5.11 Å². The molecule has 0 bridgehead atoms. The molecule has 0 saturated heterocycles. The van der Waals surface area contributed by atoms with Gasteiger partial charge in [0.05, 0.1) is 6.10 Å². The number of halogens is 1. The number of hydrogen-bond donors (Lipinski definition) is 1. The van der Waals surface area contributed by atoms with E-state index in [1.54, 1.807) is 0 Å². The van der Waals surface area contributed by atoms with Crippen molar-refractivity contribution in [3.8, 4) is 0 Å². The zero-order valence-corrected chi connectivity index (χ0v) is 15.1. The van der Waals surface area contributed by atoms with Crippen molar-refractivity contribution in [1.82, 2.24) is 4.90 Å². The summed E-state index contributed by atoms with van der Waals surface area (Å²) in [6.45, 7) is 8.74. The van der Waals surface area contributed by atoms with Crippen LogP contribution >= 0.6 is 11.6 Å². The Labute approximate surface area is 141 Å². The molecule has 1 aromatic carbocycles. The van der Waals surface area contributed by atoms with E-state index in [-0.39, 0.29) is 6.04 Å². The Balaban J connectivity index is 2.66.